The Balaban J connectivity index is 1.70. The van der Waals surface area contributed by atoms with Crippen molar-refractivity contribution in [3.8, 4) is 5.75 Å². The first kappa shape index (κ1) is 20.1. The fraction of sp³-hybridized carbons (Fsp3) is 0.231. The normalized spacial score (nSPS) is 21.7. The van der Waals surface area contributed by atoms with Gasteiger partial charge >= 0.3 is 0 Å². The number of Topliss-reactive ketones (excluding diaryl/α,β-unsaturated/α-hetero) is 1. The summed E-state index contributed by atoms with van der Waals surface area (Å²) in [4.78, 5) is 27.8. The van der Waals surface area contributed by atoms with Crippen LogP contribution in [0.25, 0.3) is 5.76 Å². The number of ether oxygens (including phenoxy) is 1. The molecule has 2 aliphatic rings. The number of aliphatic hydroxyl groups excluding tert-OH is 1. The second-order valence-electron chi connectivity index (χ2n) is 8.36. The van der Waals surface area contributed by atoms with Crippen LogP contribution in [0, 0.1) is 13.8 Å². The van der Waals surface area contributed by atoms with Crippen LogP contribution < -0.4 is 9.64 Å². The Hall–Kier alpha value is -3.80. The molecule has 6 heteroatoms. The van der Waals surface area contributed by atoms with Gasteiger partial charge in [-0.15, -0.1) is 0 Å². The Morgan fingerprint density at radius 2 is 1.84 bits per heavy atom. The fourth-order valence-corrected chi connectivity index (χ4v) is 4.51. The highest BCUT2D eigenvalue weighted by molar-refractivity contribution is 6.51. The lowest BCUT2D eigenvalue weighted by atomic mass is 9.97. The Morgan fingerprint density at radius 3 is 2.56 bits per heavy atom. The van der Waals surface area contributed by atoms with E-state index < -0.39 is 17.7 Å². The van der Waals surface area contributed by atoms with Crippen LogP contribution in [0.3, 0.4) is 0 Å². The van der Waals surface area contributed by atoms with Crippen LogP contribution in [0.1, 0.15) is 41.2 Å². The minimum Gasteiger partial charge on any atom is -0.507 e. The molecule has 1 fully saturated rings. The molecule has 2 unspecified atom stereocenters. The van der Waals surface area contributed by atoms with Gasteiger partial charge < -0.3 is 14.3 Å². The molecule has 5 rings (SSSR count). The number of para-hydroxylation sites is 1. The van der Waals surface area contributed by atoms with Crippen LogP contribution in [-0.2, 0) is 16.0 Å². The van der Waals surface area contributed by atoms with E-state index in [0.29, 0.717) is 22.8 Å². The Morgan fingerprint density at radius 1 is 1.06 bits per heavy atom. The van der Waals surface area contributed by atoms with Crippen molar-refractivity contribution >= 4 is 23.1 Å². The zero-order chi connectivity index (χ0) is 22.6. The molecular formula is C26H23NO5. The van der Waals surface area contributed by atoms with Crippen LogP contribution in [-0.4, -0.2) is 22.9 Å². The molecule has 1 saturated heterocycles. The molecule has 0 radical (unpaired) electrons. The molecule has 6 nitrogen and oxygen atoms in total. The highest BCUT2D eigenvalue weighted by atomic mass is 16.5. The van der Waals surface area contributed by atoms with Gasteiger partial charge in [0.15, 0.2) is 0 Å². The molecule has 3 aromatic rings. The lowest BCUT2D eigenvalue weighted by Gasteiger charge is -2.25. The molecule has 0 saturated carbocycles. The molecule has 1 N–H and O–H groups in total. The summed E-state index contributed by atoms with van der Waals surface area (Å²) in [7, 11) is 0. The van der Waals surface area contributed by atoms with Crippen LogP contribution in [0.15, 0.2) is 64.6 Å². The number of fused-ring (bicyclic) bond motifs is 1. The quantitative estimate of drug-likeness (QED) is 0.366. The third-order valence-electron chi connectivity index (χ3n) is 6.02. The zero-order valence-electron chi connectivity index (χ0n) is 18.1. The van der Waals surface area contributed by atoms with E-state index in [9.17, 15) is 14.7 Å². The summed E-state index contributed by atoms with van der Waals surface area (Å²) in [6, 6.07) is 15.3. The Kier molecular flexibility index (Phi) is 4.66. The molecule has 1 aromatic heterocycles. The number of nitrogens with zero attached hydrogens (tertiary/aromatic N) is 1. The Bertz CT molecular complexity index is 1280. The van der Waals surface area contributed by atoms with Gasteiger partial charge in [-0.1, -0.05) is 18.2 Å². The third-order valence-corrected chi connectivity index (χ3v) is 6.02. The van der Waals surface area contributed by atoms with E-state index in [0.717, 1.165) is 23.3 Å². The minimum atomic E-state index is -0.867. The van der Waals surface area contributed by atoms with Gasteiger partial charge in [0.25, 0.3) is 11.7 Å². The SMILES string of the molecule is Cc1ccc(C2/C(=C(/O)c3ccc4c(c3)CC(C)O4)C(=O)C(=O)N2c2ccccc2C)o1. The summed E-state index contributed by atoms with van der Waals surface area (Å²) < 4.78 is 11.6. The summed E-state index contributed by atoms with van der Waals surface area (Å²) in [6.45, 7) is 5.65. The van der Waals surface area contributed by atoms with E-state index in [4.69, 9.17) is 9.15 Å². The van der Waals surface area contributed by atoms with Gasteiger partial charge in [-0.25, -0.2) is 0 Å². The van der Waals surface area contributed by atoms with E-state index in [1.165, 1.54) is 4.90 Å². The average Bonchev–Trinajstić information content (AvgIpc) is 3.43. The van der Waals surface area contributed by atoms with Crippen molar-refractivity contribution in [2.24, 2.45) is 0 Å². The van der Waals surface area contributed by atoms with E-state index >= 15 is 0 Å². The first-order valence-electron chi connectivity index (χ1n) is 10.6. The van der Waals surface area contributed by atoms with Gasteiger partial charge in [0.1, 0.15) is 35.2 Å². The molecule has 0 spiro atoms. The first-order valence-corrected chi connectivity index (χ1v) is 10.6. The fourth-order valence-electron chi connectivity index (χ4n) is 4.51. The topological polar surface area (TPSA) is 80.0 Å². The standard InChI is InChI=1S/C26H23NO5/c1-14-6-4-5-7-19(14)27-23(21-10-8-15(2)31-21)22(25(29)26(27)30)24(28)17-9-11-20-18(13-17)12-16(3)32-20/h4-11,13,16,23,28H,12H2,1-3H3/b24-22-. The molecule has 0 bridgehead atoms. The summed E-state index contributed by atoms with van der Waals surface area (Å²) in [6.07, 6.45) is 0.773. The number of hydrogen-bond acceptors (Lipinski definition) is 5. The van der Waals surface area contributed by atoms with Crippen molar-refractivity contribution in [1.29, 1.82) is 0 Å². The molecule has 0 aliphatic carbocycles. The van der Waals surface area contributed by atoms with Crippen LogP contribution in [0.4, 0.5) is 5.69 Å². The summed E-state index contributed by atoms with van der Waals surface area (Å²) in [5.74, 6) is 0.185. The van der Waals surface area contributed by atoms with Gasteiger partial charge in [-0.2, -0.15) is 0 Å². The molecular weight excluding hydrogens is 406 g/mol. The van der Waals surface area contributed by atoms with Crippen LogP contribution in [0.5, 0.6) is 5.75 Å². The second-order valence-corrected chi connectivity index (χ2v) is 8.36. The molecule has 3 heterocycles. The van der Waals surface area contributed by atoms with E-state index in [1.54, 1.807) is 37.3 Å². The van der Waals surface area contributed by atoms with E-state index in [1.807, 2.05) is 38.1 Å². The van der Waals surface area contributed by atoms with Crippen molar-refractivity contribution in [2.75, 3.05) is 4.90 Å². The number of aliphatic hydroxyl groups is 1. The number of carbonyl (C=O) groups excluding carboxylic acids is 2. The number of amides is 1. The highest BCUT2D eigenvalue weighted by Crippen LogP contribution is 2.44. The first-order chi connectivity index (χ1) is 15.3. The number of aryl methyl sites for hydroxylation is 2. The number of rotatable bonds is 3. The number of ketones is 1. The molecule has 32 heavy (non-hydrogen) atoms. The average molecular weight is 429 g/mol. The van der Waals surface area contributed by atoms with Gasteiger partial charge in [0, 0.05) is 17.7 Å². The summed E-state index contributed by atoms with van der Waals surface area (Å²) in [5, 5.41) is 11.3. The molecule has 162 valence electrons. The molecule has 2 atom stereocenters. The number of furan rings is 1. The van der Waals surface area contributed by atoms with Crippen LogP contribution in [0.2, 0.25) is 0 Å². The van der Waals surface area contributed by atoms with Gasteiger partial charge in [0.05, 0.1) is 5.57 Å². The number of anilines is 1. The number of carbonyl (C=O) groups is 2. The maximum Gasteiger partial charge on any atom is 0.300 e. The molecule has 1 amide bonds. The van der Waals surface area contributed by atoms with Crippen molar-refractivity contribution in [2.45, 2.75) is 39.3 Å². The van der Waals surface area contributed by atoms with Crippen LogP contribution >= 0.6 is 0 Å². The second kappa shape index (κ2) is 7.41. The highest BCUT2D eigenvalue weighted by Gasteiger charge is 2.48. The minimum absolute atomic E-state index is 0.0134. The Labute approximate surface area is 185 Å². The third kappa shape index (κ3) is 3.11. The zero-order valence-corrected chi connectivity index (χ0v) is 18.1. The molecule has 2 aromatic carbocycles. The predicted molar refractivity (Wildman–Crippen MR) is 120 cm³/mol. The predicted octanol–water partition coefficient (Wildman–Crippen LogP) is 4.85. The lowest BCUT2D eigenvalue weighted by molar-refractivity contribution is -0.132. The van der Waals surface area contributed by atoms with Crippen molar-refractivity contribution < 1.29 is 23.8 Å². The van der Waals surface area contributed by atoms with Gasteiger partial charge in [-0.3, -0.25) is 14.5 Å². The number of hydrogen-bond donors (Lipinski definition) is 1. The lowest BCUT2D eigenvalue weighted by Crippen LogP contribution is -2.29. The van der Waals surface area contributed by atoms with Crippen molar-refractivity contribution in [3.05, 3.63) is 88.4 Å². The van der Waals surface area contributed by atoms with E-state index in [2.05, 4.69) is 0 Å². The van der Waals surface area contributed by atoms with Gasteiger partial charge in [0.2, 0.25) is 0 Å². The van der Waals surface area contributed by atoms with Crippen molar-refractivity contribution in [1.82, 2.24) is 0 Å². The largest absolute Gasteiger partial charge is 0.507 e. The van der Waals surface area contributed by atoms with Crippen molar-refractivity contribution in [3.63, 3.8) is 0 Å². The summed E-state index contributed by atoms with van der Waals surface area (Å²) in [5.41, 5.74) is 2.88. The molecule has 2 aliphatic heterocycles. The smallest absolute Gasteiger partial charge is 0.300 e. The number of benzene rings is 2. The monoisotopic (exact) mass is 429 g/mol. The maximum atomic E-state index is 13.2. The summed E-state index contributed by atoms with van der Waals surface area (Å²) >= 11 is 0. The van der Waals surface area contributed by atoms with E-state index in [-0.39, 0.29) is 17.4 Å². The maximum absolute atomic E-state index is 13.2. The van der Waals surface area contributed by atoms with Gasteiger partial charge in [-0.05, 0) is 68.3 Å².